The second-order valence-electron chi connectivity index (χ2n) is 7.46. The average molecular weight is 386 g/mol. The number of carbonyl (C=O) groups is 1. The van der Waals surface area contributed by atoms with E-state index in [1.54, 1.807) is 0 Å². The lowest BCUT2D eigenvalue weighted by molar-refractivity contribution is -0.116. The van der Waals surface area contributed by atoms with E-state index in [2.05, 4.69) is 65.1 Å². The third-order valence-electron chi connectivity index (χ3n) is 5.26. The van der Waals surface area contributed by atoms with Crippen LogP contribution in [0.3, 0.4) is 0 Å². The quantitative estimate of drug-likeness (QED) is 0.545. The van der Waals surface area contributed by atoms with Crippen LogP contribution >= 0.6 is 0 Å². The number of anilines is 4. The first-order valence-corrected chi connectivity index (χ1v) is 10.1. The van der Waals surface area contributed by atoms with Crippen LogP contribution in [-0.4, -0.2) is 10.9 Å². The van der Waals surface area contributed by atoms with E-state index in [0.29, 0.717) is 6.42 Å². The number of nitrogens with one attached hydrogen (secondary N) is 3. The predicted molar refractivity (Wildman–Crippen MR) is 119 cm³/mol. The summed E-state index contributed by atoms with van der Waals surface area (Å²) in [5.41, 5.74) is 7.81. The highest BCUT2D eigenvalue weighted by molar-refractivity contribution is 5.94. The second-order valence-corrected chi connectivity index (χ2v) is 7.46. The van der Waals surface area contributed by atoms with E-state index in [1.165, 1.54) is 11.1 Å². The van der Waals surface area contributed by atoms with E-state index in [-0.39, 0.29) is 5.91 Å². The molecule has 4 rings (SSSR count). The lowest BCUT2D eigenvalue weighted by Gasteiger charge is -2.18. The van der Waals surface area contributed by atoms with Crippen molar-refractivity contribution in [1.82, 2.24) is 4.98 Å². The molecule has 0 bridgehead atoms. The van der Waals surface area contributed by atoms with Gasteiger partial charge in [0, 0.05) is 42.3 Å². The summed E-state index contributed by atoms with van der Waals surface area (Å²) >= 11 is 0. The van der Waals surface area contributed by atoms with Crippen molar-refractivity contribution in [2.24, 2.45) is 0 Å². The lowest BCUT2D eigenvalue weighted by atomic mass is 10.0. The number of amides is 1. The van der Waals surface area contributed by atoms with Crippen molar-refractivity contribution in [2.75, 3.05) is 16.0 Å². The summed E-state index contributed by atoms with van der Waals surface area (Å²) in [5.74, 6) is 0.874. The molecular formula is C24H26N4O. The van der Waals surface area contributed by atoms with E-state index in [9.17, 15) is 4.79 Å². The first-order valence-electron chi connectivity index (χ1n) is 10.1. The molecule has 5 heteroatoms. The lowest BCUT2D eigenvalue weighted by Crippen LogP contribution is -2.18. The minimum atomic E-state index is 0.0820. The third kappa shape index (κ3) is 4.57. The Kier molecular flexibility index (Phi) is 5.47. The Morgan fingerprint density at radius 2 is 1.93 bits per heavy atom. The third-order valence-corrected chi connectivity index (χ3v) is 5.26. The summed E-state index contributed by atoms with van der Waals surface area (Å²) in [5, 5.41) is 9.84. The van der Waals surface area contributed by atoms with Crippen molar-refractivity contribution >= 4 is 28.8 Å². The smallest absolute Gasteiger partial charge is 0.224 e. The van der Waals surface area contributed by atoms with Gasteiger partial charge in [-0.3, -0.25) is 4.79 Å². The van der Waals surface area contributed by atoms with Crippen molar-refractivity contribution < 1.29 is 4.79 Å². The van der Waals surface area contributed by atoms with E-state index in [0.717, 1.165) is 53.4 Å². The van der Waals surface area contributed by atoms with Gasteiger partial charge >= 0.3 is 0 Å². The van der Waals surface area contributed by atoms with Crippen molar-refractivity contribution in [1.29, 1.82) is 0 Å². The van der Waals surface area contributed by atoms with Gasteiger partial charge in [0.1, 0.15) is 5.82 Å². The normalized spacial score (nSPS) is 12.8. The number of fused-ring (bicyclic) bond motifs is 1. The molecule has 2 aromatic carbocycles. The molecule has 29 heavy (non-hydrogen) atoms. The largest absolute Gasteiger partial charge is 0.381 e. The van der Waals surface area contributed by atoms with E-state index in [4.69, 9.17) is 0 Å². The molecule has 1 aromatic heterocycles. The average Bonchev–Trinajstić information content (AvgIpc) is 2.74. The van der Waals surface area contributed by atoms with E-state index >= 15 is 0 Å². The molecule has 0 aliphatic carbocycles. The topological polar surface area (TPSA) is 66.0 Å². The molecule has 1 amide bonds. The monoisotopic (exact) mass is 386 g/mol. The van der Waals surface area contributed by atoms with Crippen LogP contribution in [0, 0.1) is 6.92 Å². The number of rotatable bonds is 6. The maximum atomic E-state index is 11.5. The van der Waals surface area contributed by atoms with Gasteiger partial charge in [-0.1, -0.05) is 31.2 Å². The fourth-order valence-electron chi connectivity index (χ4n) is 3.55. The summed E-state index contributed by atoms with van der Waals surface area (Å²) < 4.78 is 0. The Morgan fingerprint density at radius 3 is 2.79 bits per heavy atom. The minimum Gasteiger partial charge on any atom is -0.381 e. The van der Waals surface area contributed by atoms with Crippen LogP contribution < -0.4 is 16.0 Å². The van der Waals surface area contributed by atoms with Gasteiger partial charge in [-0.25, -0.2) is 4.98 Å². The molecule has 0 saturated heterocycles. The number of hydrogen-bond acceptors (Lipinski definition) is 4. The molecule has 0 radical (unpaired) electrons. The maximum Gasteiger partial charge on any atom is 0.224 e. The minimum absolute atomic E-state index is 0.0820. The molecule has 148 valence electrons. The Bertz CT molecular complexity index is 1040. The number of aromatic nitrogens is 1. The fraction of sp³-hybridized carbons (Fsp3) is 0.250. The number of hydrogen-bond donors (Lipinski definition) is 3. The zero-order valence-corrected chi connectivity index (χ0v) is 16.9. The van der Waals surface area contributed by atoms with Crippen LogP contribution in [0.1, 0.15) is 35.6 Å². The highest BCUT2D eigenvalue weighted by Crippen LogP contribution is 2.28. The van der Waals surface area contributed by atoms with Gasteiger partial charge in [-0.15, -0.1) is 0 Å². The van der Waals surface area contributed by atoms with E-state index in [1.807, 2.05) is 24.4 Å². The standard InChI is InChI=1S/C24H26N4O/c1-3-17-5-4-6-18(11-17)15-25-22-13-23(26-14-16(22)2)27-20-8-9-21-19(12-20)7-10-24(29)28-21/h4-6,8-9,11-14H,3,7,10,15H2,1-2H3,(H,28,29)(H2,25,26,27). The Balaban J connectivity index is 1.47. The van der Waals surface area contributed by atoms with Crippen LogP contribution in [0.2, 0.25) is 0 Å². The zero-order chi connectivity index (χ0) is 20.2. The zero-order valence-electron chi connectivity index (χ0n) is 16.9. The Morgan fingerprint density at radius 1 is 1.07 bits per heavy atom. The fourth-order valence-corrected chi connectivity index (χ4v) is 3.55. The van der Waals surface area contributed by atoms with Crippen molar-refractivity contribution in [2.45, 2.75) is 39.7 Å². The van der Waals surface area contributed by atoms with Crippen molar-refractivity contribution in [3.05, 3.63) is 77.0 Å². The number of benzene rings is 2. The van der Waals surface area contributed by atoms with Crippen molar-refractivity contribution in [3.63, 3.8) is 0 Å². The molecule has 3 N–H and O–H groups in total. The molecule has 1 aliphatic heterocycles. The Labute approximate surface area is 171 Å². The van der Waals surface area contributed by atoms with E-state index < -0.39 is 0 Å². The first kappa shape index (κ1) is 19.0. The van der Waals surface area contributed by atoms with Gasteiger partial charge in [0.15, 0.2) is 0 Å². The van der Waals surface area contributed by atoms with Crippen molar-refractivity contribution in [3.8, 4) is 0 Å². The van der Waals surface area contributed by atoms with Crippen LogP contribution in [0.25, 0.3) is 0 Å². The molecule has 0 fully saturated rings. The summed E-state index contributed by atoms with van der Waals surface area (Å²) in [6.45, 7) is 5.01. The first-order chi connectivity index (χ1) is 14.1. The Hall–Kier alpha value is -3.34. The number of aryl methyl sites for hydroxylation is 3. The maximum absolute atomic E-state index is 11.5. The SMILES string of the molecule is CCc1cccc(CNc2cc(Nc3ccc4c(c3)CCC(=O)N4)ncc2C)c1. The van der Waals surface area contributed by atoms with Gasteiger partial charge in [-0.2, -0.15) is 0 Å². The molecular weight excluding hydrogens is 360 g/mol. The van der Waals surface area contributed by atoms with Gasteiger partial charge in [-0.05, 0) is 60.2 Å². The molecule has 2 heterocycles. The van der Waals surface area contributed by atoms with Crippen LogP contribution in [-0.2, 0) is 24.2 Å². The number of pyridine rings is 1. The summed E-state index contributed by atoms with van der Waals surface area (Å²) in [6, 6.07) is 16.7. The van der Waals surface area contributed by atoms with Gasteiger partial charge in [0.2, 0.25) is 5.91 Å². The molecule has 3 aromatic rings. The molecule has 0 atom stereocenters. The molecule has 5 nitrogen and oxygen atoms in total. The highest BCUT2D eigenvalue weighted by Gasteiger charge is 2.15. The van der Waals surface area contributed by atoms with Crippen LogP contribution in [0.15, 0.2) is 54.7 Å². The predicted octanol–water partition coefficient (Wildman–Crippen LogP) is 5.19. The van der Waals surface area contributed by atoms with Gasteiger partial charge in [0.05, 0.1) is 0 Å². The number of carbonyl (C=O) groups excluding carboxylic acids is 1. The summed E-state index contributed by atoms with van der Waals surface area (Å²) in [4.78, 5) is 16.0. The highest BCUT2D eigenvalue weighted by atomic mass is 16.1. The summed E-state index contributed by atoms with van der Waals surface area (Å²) in [7, 11) is 0. The second kappa shape index (κ2) is 8.35. The van der Waals surface area contributed by atoms with Crippen LogP contribution in [0.5, 0.6) is 0 Å². The molecule has 0 unspecified atom stereocenters. The summed E-state index contributed by atoms with van der Waals surface area (Å²) in [6.07, 6.45) is 4.22. The van der Waals surface area contributed by atoms with Crippen LogP contribution in [0.4, 0.5) is 22.9 Å². The van der Waals surface area contributed by atoms with Gasteiger partial charge < -0.3 is 16.0 Å². The number of nitrogens with zero attached hydrogens (tertiary/aromatic N) is 1. The molecule has 1 aliphatic rings. The van der Waals surface area contributed by atoms with Gasteiger partial charge in [0.25, 0.3) is 0 Å². The molecule has 0 spiro atoms. The molecule has 0 saturated carbocycles.